The first-order valence-electron chi connectivity index (χ1n) is 7.43. The lowest BCUT2D eigenvalue weighted by Gasteiger charge is -2.47. The Morgan fingerprint density at radius 1 is 1.33 bits per heavy atom. The van der Waals surface area contributed by atoms with Gasteiger partial charge in [-0.15, -0.1) is 0 Å². The molecule has 0 aromatic rings. The highest BCUT2D eigenvalue weighted by molar-refractivity contribution is 4.94. The van der Waals surface area contributed by atoms with Gasteiger partial charge in [-0.05, 0) is 52.2 Å². The quantitative estimate of drug-likeness (QED) is 0.817. The molecule has 0 aliphatic heterocycles. The van der Waals surface area contributed by atoms with E-state index in [-0.39, 0.29) is 0 Å². The molecule has 3 nitrogen and oxygen atoms in total. The van der Waals surface area contributed by atoms with Crippen LogP contribution in [0.2, 0.25) is 0 Å². The van der Waals surface area contributed by atoms with Crippen LogP contribution in [0.25, 0.3) is 0 Å². The maximum atomic E-state index is 6.39. The first-order valence-corrected chi connectivity index (χ1v) is 7.43. The fraction of sp³-hybridized carbons (Fsp3) is 1.00. The van der Waals surface area contributed by atoms with Crippen molar-refractivity contribution >= 4 is 0 Å². The standard InChI is InChI=1S/C15H33N3/c1-7-18(12(2)11-17(5)6)14-10-15(3,4)9-8-13(14)16/h12-14H,7-11,16H2,1-6H3. The monoisotopic (exact) mass is 255 g/mol. The lowest BCUT2D eigenvalue weighted by atomic mass is 9.72. The molecule has 0 aromatic heterocycles. The Labute approximate surface area is 114 Å². The van der Waals surface area contributed by atoms with Gasteiger partial charge in [-0.3, -0.25) is 4.90 Å². The summed E-state index contributed by atoms with van der Waals surface area (Å²) < 4.78 is 0. The highest BCUT2D eigenvalue weighted by Gasteiger charge is 2.37. The molecular weight excluding hydrogens is 222 g/mol. The van der Waals surface area contributed by atoms with Crippen LogP contribution in [-0.2, 0) is 0 Å². The molecule has 0 aromatic carbocycles. The molecule has 3 atom stereocenters. The second-order valence-electron chi connectivity index (χ2n) is 7.08. The van der Waals surface area contributed by atoms with E-state index in [1.807, 2.05) is 0 Å². The minimum Gasteiger partial charge on any atom is -0.326 e. The normalized spacial score (nSPS) is 29.8. The molecule has 1 rings (SSSR count). The maximum Gasteiger partial charge on any atom is 0.0255 e. The summed E-state index contributed by atoms with van der Waals surface area (Å²) in [6, 6.07) is 1.48. The van der Waals surface area contributed by atoms with Crippen molar-refractivity contribution in [3.05, 3.63) is 0 Å². The summed E-state index contributed by atoms with van der Waals surface area (Å²) in [4.78, 5) is 4.89. The molecule has 1 fully saturated rings. The molecule has 0 bridgehead atoms. The molecule has 108 valence electrons. The summed E-state index contributed by atoms with van der Waals surface area (Å²) in [5, 5.41) is 0. The Bertz CT molecular complexity index is 250. The van der Waals surface area contributed by atoms with Gasteiger partial charge in [0.25, 0.3) is 0 Å². The van der Waals surface area contributed by atoms with E-state index in [2.05, 4.69) is 51.6 Å². The predicted molar refractivity (Wildman–Crippen MR) is 79.8 cm³/mol. The van der Waals surface area contributed by atoms with Crippen LogP contribution < -0.4 is 5.73 Å². The molecule has 0 saturated heterocycles. The largest absolute Gasteiger partial charge is 0.326 e. The zero-order valence-electron chi connectivity index (χ0n) is 13.2. The Morgan fingerprint density at radius 2 is 1.94 bits per heavy atom. The van der Waals surface area contributed by atoms with E-state index in [1.54, 1.807) is 0 Å². The van der Waals surface area contributed by atoms with Crippen LogP contribution >= 0.6 is 0 Å². The molecule has 3 unspecified atom stereocenters. The third kappa shape index (κ3) is 4.22. The summed E-state index contributed by atoms with van der Waals surface area (Å²) >= 11 is 0. The van der Waals surface area contributed by atoms with Crippen LogP contribution in [0.3, 0.4) is 0 Å². The van der Waals surface area contributed by atoms with Crippen LogP contribution in [0.1, 0.15) is 47.0 Å². The van der Waals surface area contributed by atoms with Crippen LogP contribution in [0.15, 0.2) is 0 Å². The molecule has 1 aliphatic carbocycles. The number of likely N-dealkylation sites (N-methyl/N-ethyl adjacent to an activating group) is 2. The minimum absolute atomic E-state index is 0.350. The van der Waals surface area contributed by atoms with Crippen molar-refractivity contribution in [1.82, 2.24) is 9.80 Å². The van der Waals surface area contributed by atoms with Crippen molar-refractivity contribution in [1.29, 1.82) is 0 Å². The van der Waals surface area contributed by atoms with E-state index in [1.165, 1.54) is 19.3 Å². The van der Waals surface area contributed by atoms with E-state index in [9.17, 15) is 0 Å². The number of hydrogen-bond acceptors (Lipinski definition) is 3. The fourth-order valence-corrected chi connectivity index (χ4v) is 3.44. The van der Waals surface area contributed by atoms with Gasteiger partial charge in [0, 0.05) is 24.7 Å². The maximum absolute atomic E-state index is 6.39. The van der Waals surface area contributed by atoms with Crippen molar-refractivity contribution in [3.63, 3.8) is 0 Å². The van der Waals surface area contributed by atoms with Gasteiger partial charge in [-0.1, -0.05) is 20.8 Å². The molecule has 0 heterocycles. The molecule has 0 radical (unpaired) electrons. The van der Waals surface area contributed by atoms with Crippen molar-refractivity contribution in [2.24, 2.45) is 11.1 Å². The third-order valence-corrected chi connectivity index (χ3v) is 4.40. The van der Waals surface area contributed by atoms with Crippen LogP contribution in [0.4, 0.5) is 0 Å². The van der Waals surface area contributed by atoms with Crippen molar-refractivity contribution in [2.45, 2.75) is 65.1 Å². The fourth-order valence-electron chi connectivity index (χ4n) is 3.44. The second kappa shape index (κ2) is 6.36. The number of nitrogens with zero attached hydrogens (tertiary/aromatic N) is 2. The Balaban J connectivity index is 2.73. The molecule has 2 N–H and O–H groups in total. The van der Waals surface area contributed by atoms with Gasteiger partial charge < -0.3 is 10.6 Å². The van der Waals surface area contributed by atoms with E-state index in [4.69, 9.17) is 5.73 Å². The van der Waals surface area contributed by atoms with E-state index < -0.39 is 0 Å². The molecule has 0 amide bonds. The zero-order chi connectivity index (χ0) is 13.9. The third-order valence-electron chi connectivity index (χ3n) is 4.40. The Hall–Kier alpha value is -0.120. The second-order valence-corrected chi connectivity index (χ2v) is 7.08. The average Bonchev–Trinajstić information content (AvgIpc) is 2.23. The molecule has 1 saturated carbocycles. The Kier molecular flexibility index (Phi) is 5.63. The van der Waals surface area contributed by atoms with Gasteiger partial charge in [-0.25, -0.2) is 0 Å². The van der Waals surface area contributed by atoms with Gasteiger partial charge in [0.15, 0.2) is 0 Å². The summed E-state index contributed by atoms with van der Waals surface area (Å²) in [5.74, 6) is 0. The summed E-state index contributed by atoms with van der Waals surface area (Å²) in [7, 11) is 4.30. The van der Waals surface area contributed by atoms with Crippen molar-refractivity contribution < 1.29 is 0 Å². The first kappa shape index (κ1) is 15.9. The number of nitrogens with two attached hydrogens (primary N) is 1. The minimum atomic E-state index is 0.350. The van der Waals surface area contributed by atoms with Gasteiger partial charge in [0.2, 0.25) is 0 Å². The molecular formula is C15H33N3. The summed E-state index contributed by atoms with van der Waals surface area (Å²) in [6.45, 7) is 11.6. The average molecular weight is 255 g/mol. The van der Waals surface area contributed by atoms with Crippen LogP contribution in [-0.4, -0.2) is 55.1 Å². The summed E-state index contributed by atoms with van der Waals surface area (Å²) in [5.41, 5.74) is 6.84. The van der Waals surface area contributed by atoms with Gasteiger partial charge in [0.1, 0.15) is 0 Å². The molecule has 3 heteroatoms. The topological polar surface area (TPSA) is 32.5 Å². The van der Waals surface area contributed by atoms with Gasteiger partial charge >= 0.3 is 0 Å². The van der Waals surface area contributed by atoms with Gasteiger partial charge in [0.05, 0.1) is 0 Å². The SMILES string of the molecule is CCN(C(C)CN(C)C)C1CC(C)(C)CCC1N. The van der Waals surface area contributed by atoms with Crippen molar-refractivity contribution in [3.8, 4) is 0 Å². The molecule has 18 heavy (non-hydrogen) atoms. The highest BCUT2D eigenvalue weighted by Crippen LogP contribution is 2.37. The van der Waals surface area contributed by atoms with E-state index in [0.717, 1.165) is 13.1 Å². The van der Waals surface area contributed by atoms with Crippen LogP contribution in [0, 0.1) is 5.41 Å². The van der Waals surface area contributed by atoms with Gasteiger partial charge in [-0.2, -0.15) is 0 Å². The zero-order valence-corrected chi connectivity index (χ0v) is 13.2. The number of hydrogen-bond donors (Lipinski definition) is 1. The number of rotatable bonds is 5. The van der Waals surface area contributed by atoms with Crippen molar-refractivity contribution in [2.75, 3.05) is 27.2 Å². The summed E-state index contributed by atoms with van der Waals surface area (Å²) in [6.07, 6.45) is 3.67. The van der Waals surface area contributed by atoms with E-state index in [0.29, 0.717) is 23.5 Å². The highest BCUT2D eigenvalue weighted by atomic mass is 15.2. The molecule has 0 spiro atoms. The van der Waals surface area contributed by atoms with E-state index >= 15 is 0 Å². The van der Waals surface area contributed by atoms with Crippen LogP contribution in [0.5, 0.6) is 0 Å². The molecule has 1 aliphatic rings. The smallest absolute Gasteiger partial charge is 0.0255 e. The predicted octanol–water partition coefficient (Wildman–Crippen LogP) is 2.16. The Morgan fingerprint density at radius 3 is 2.44 bits per heavy atom. The lowest BCUT2D eigenvalue weighted by molar-refractivity contribution is 0.0472. The lowest BCUT2D eigenvalue weighted by Crippen LogP contribution is -2.56. The first-order chi connectivity index (χ1) is 8.26.